The summed E-state index contributed by atoms with van der Waals surface area (Å²) in [7, 11) is 0. The fraction of sp³-hybridized carbons (Fsp3) is 0.643. The molecule has 29 heavy (non-hydrogen) atoms. The average Bonchev–Trinajstić information content (AvgIpc) is 2.78. The van der Waals surface area contributed by atoms with Crippen LogP contribution in [0.2, 0.25) is 0 Å². The first kappa shape index (κ1) is 22.3. The van der Waals surface area contributed by atoms with Crippen molar-refractivity contribution < 1.29 is 4.74 Å². The van der Waals surface area contributed by atoms with Crippen LogP contribution in [0, 0.1) is 17.8 Å². The molecule has 0 heterocycles. The predicted octanol–water partition coefficient (Wildman–Crippen LogP) is 8.22. The van der Waals surface area contributed by atoms with Crippen LogP contribution >= 0.6 is 0 Å². The molecule has 0 radical (unpaired) electrons. The molecule has 0 saturated heterocycles. The van der Waals surface area contributed by atoms with Crippen LogP contribution in [0.15, 0.2) is 49.6 Å². The topological polar surface area (TPSA) is 9.23 Å². The van der Waals surface area contributed by atoms with Crippen LogP contribution in [0.5, 0.6) is 0 Å². The molecule has 160 valence electrons. The monoisotopic (exact) mass is 394 g/mol. The van der Waals surface area contributed by atoms with E-state index in [0.717, 1.165) is 43.3 Å². The number of rotatable bonds is 11. The molecular formula is C28H42O. The number of benzene rings is 1. The molecule has 1 aromatic rings. The smallest absolute Gasteiger partial charge is 0.0717 e. The van der Waals surface area contributed by atoms with Gasteiger partial charge in [-0.3, -0.25) is 0 Å². The SMILES string of the molecule is C=CCCCC1CCC(C2CCC(c3ccc(COCCC=C)cc3)CC2)CC1. The lowest BCUT2D eigenvalue weighted by molar-refractivity contribution is 0.125. The minimum absolute atomic E-state index is 0.719. The van der Waals surface area contributed by atoms with E-state index in [1.54, 1.807) is 5.56 Å². The quantitative estimate of drug-likeness (QED) is 0.271. The maximum atomic E-state index is 5.69. The molecule has 2 saturated carbocycles. The van der Waals surface area contributed by atoms with Crippen LogP contribution in [0.25, 0.3) is 0 Å². The number of ether oxygens (including phenoxy) is 1. The molecule has 2 fully saturated rings. The van der Waals surface area contributed by atoms with Crippen LogP contribution in [-0.2, 0) is 11.3 Å². The minimum Gasteiger partial charge on any atom is -0.376 e. The van der Waals surface area contributed by atoms with Gasteiger partial charge in [0, 0.05) is 0 Å². The average molecular weight is 395 g/mol. The molecule has 0 amide bonds. The molecule has 0 spiro atoms. The minimum atomic E-state index is 0.719. The predicted molar refractivity (Wildman–Crippen MR) is 125 cm³/mol. The Balaban J connectivity index is 1.37. The molecule has 0 atom stereocenters. The summed E-state index contributed by atoms with van der Waals surface area (Å²) < 4.78 is 5.69. The van der Waals surface area contributed by atoms with Gasteiger partial charge in [-0.2, -0.15) is 0 Å². The first-order valence-corrected chi connectivity index (χ1v) is 12.2. The highest BCUT2D eigenvalue weighted by Crippen LogP contribution is 2.44. The first-order chi connectivity index (χ1) is 14.3. The summed E-state index contributed by atoms with van der Waals surface area (Å²) in [6, 6.07) is 9.24. The van der Waals surface area contributed by atoms with Crippen LogP contribution in [0.4, 0.5) is 0 Å². The molecule has 0 aliphatic heterocycles. The van der Waals surface area contributed by atoms with Crippen LogP contribution < -0.4 is 0 Å². The molecule has 3 rings (SSSR count). The van der Waals surface area contributed by atoms with Gasteiger partial charge in [-0.15, -0.1) is 13.2 Å². The van der Waals surface area contributed by atoms with Gasteiger partial charge in [-0.05, 0) is 92.6 Å². The zero-order chi connectivity index (χ0) is 20.3. The van der Waals surface area contributed by atoms with Gasteiger partial charge < -0.3 is 4.74 Å². The summed E-state index contributed by atoms with van der Waals surface area (Å²) in [4.78, 5) is 0. The van der Waals surface area contributed by atoms with E-state index >= 15 is 0 Å². The number of unbranched alkanes of at least 4 members (excludes halogenated alkanes) is 1. The van der Waals surface area contributed by atoms with Crippen molar-refractivity contribution in [3.8, 4) is 0 Å². The van der Waals surface area contributed by atoms with Crippen molar-refractivity contribution in [1.29, 1.82) is 0 Å². The van der Waals surface area contributed by atoms with Crippen molar-refractivity contribution in [1.82, 2.24) is 0 Å². The lowest BCUT2D eigenvalue weighted by Crippen LogP contribution is -2.25. The van der Waals surface area contributed by atoms with E-state index in [2.05, 4.69) is 43.5 Å². The molecule has 2 aliphatic carbocycles. The van der Waals surface area contributed by atoms with Crippen molar-refractivity contribution >= 4 is 0 Å². The molecule has 1 heteroatoms. The lowest BCUT2D eigenvalue weighted by atomic mass is 9.68. The van der Waals surface area contributed by atoms with Gasteiger partial charge in [-0.1, -0.05) is 55.7 Å². The number of allylic oxidation sites excluding steroid dienone is 1. The van der Waals surface area contributed by atoms with E-state index in [9.17, 15) is 0 Å². The third kappa shape index (κ3) is 7.14. The second-order valence-corrected chi connectivity index (χ2v) is 9.48. The Morgan fingerprint density at radius 1 is 0.793 bits per heavy atom. The van der Waals surface area contributed by atoms with Gasteiger partial charge in [0.25, 0.3) is 0 Å². The third-order valence-electron chi connectivity index (χ3n) is 7.54. The van der Waals surface area contributed by atoms with Crippen molar-refractivity contribution in [2.24, 2.45) is 17.8 Å². The Morgan fingerprint density at radius 2 is 1.41 bits per heavy atom. The molecule has 1 nitrogen and oxygen atoms in total. The first-order valence-electron chi connectivity index (χ1n) is 12.2. The van der Waals surface area contributed by atoms with Gasteiger partial charge in [0.05, 0.1) is 13.2 Å². The molecule has 2 aliphatic rings. The fourth-order valence-electron chi connectivity index (χ4n) is 5.67. The van der Waals surface area contributed by atoms with E-state index in [1.165, 1.54) is 76.2 Å². The zero-order valence-corrected chi connectivity index (χ0v) is 18.5. The highest BCUT2D eigenvalue weighted by Gasteiger charge is 2.31. The van der Waals surface area contributed by atoms with Crippen LogP contribution in [-0.4, -0.2) is 6.61 Å². The standard InChI is InChI=1S/C28H42O/c1-3-5-7-8-23-9-13-25(14-10-23)27-17-19-28(20-18-27)26-15-11-24(12-16-26)22-29-21-6-4-2/h3-4,11-12,15-16,23,25,27-28H,1-2,5-10,13-14,17-22H2. The van der Waals surface area contributed by atoms with Gasteiger partial charge >= 0.3 is 0 Å². The maximum absolute atomic E-state index is 5.69. The zero-order valence-electron chi connectivity index (χ0n) is 18.5. The Kier molecular flexibility index (Phi) is 9.54. The van der Waals surface area contributed by atoms with E-state index in [-0.39, 0.29) is 0 Å². The molecule has 0 bridgehead atoms. The van der Waals surface area contributed by atoms with E-state index in [0.29, 0.717) is 0 Å². The Hall–Kier alpha value is -1.34. The van der Waals surface area contributed by atoms with Crippen molar-refractivity contribution in [3.63, 3.8) is 0 Å². The summed E-state index contributed by atoms with van der Waals surface area (Å²) in [6.45, 7) is 9.08. The fourth-order valence-corrected chi connectivity index (χ4v) is 5.67. The summed E-state index contributed by atoms with van der Waals surface area (Å²) in [5, 5.41) is 0. The van der Waals surface area contributed by atoms with Crippen molar-refractivity contribution in [2.45, 2.75) is 89.6 Å². The van der Waals surface area contributed by atoms with Crippen LogP contribution in [0.1, 0.15) is 94.1 Å². The maximum Gasteiger partial charge on any atom is 0.0717 e. The highest BCUT2D eigenvalue weighted by molar-refractivity contribution is 5.25. The largest absolute Gasteiger partial charge is 0.376 e. The molecular weight excluding hydrogens is 352 g/mol. The summed E-state index contributed by atoms with van der Waals surface area (Å²) in [6.07, 6.45) is 20.5. The Morgan fingerprint density at radius 3 is 2.03 bits per heavy atom. The Labute approximate surface area is 179 Å². The van der Waals surface area contributed by atoms with Crippen LogP contribution in [0.3, 0.4) is 0 Å². The van der Waals surface area contributed by atoms with Gasteiger partial charge in [-0.25, -0.2) is 0 Å². The van der Waals surface area contributed by atoms with Crippen molar-refractivity contribution in [2.75, 3.05) is 6.61 Å². The second kappa shape index (κ2) is 12.4. The van der Waals surface area contributed by atoms with Gasteiger partial charge in [0.1, 0.15) is 0 Å². The third-order valence-corrected chi connectivity index (χ3v) is 7.54. The van der Waals surface area contributed by atoms with E-state index in [1.807, 2.05) is 6.08 Å². The second-order valence-electron chi connectivity index (χ2n) is 9.48. The van der Waals surface area contributed by atoms with Gasteiger partial charge in [0.15, 0.2) is 0 Å². The molecule has 0 unspecified atom stereocenters. The van der Waals surface area contributed by atoms with E-state index in [4.69, 9.17) is 4.74 Å². The number of hydrogen-bond acceptors (Lipinski definition) is 1. The molecule has 1 aromatic carbocycles. The molecule has 0 aromatic heterocycles. The Bertz CT molecular complexity index is 585. The summed E-state index contributed by atoms with van der Waals surface area (Å²) in [5.74, 6) is 3.79. The summed E-state index contributed by atoms with van der Waals surface area (Å²) >= 11 is 0. The van der Waals surface area contributed by atoms with Gasteiger partial charge in [0.2, 0.25) is 0 Å². The normalized spacial score (nSPS) is 27.4. The highest BCUT2D eigenvalue weighted by atomic mass is 16.5. The molecule has 0 N–H and O–H groups in total. The summed E-state index contributed by atoms with van der Waals surface area (Å²) in [5.41, 5.74) is 2.83. The lowest BCUT2D eigenvalue weighted by Gasteiger charge is -2.38. The van der Waals surface area contributed by atoms with Crippen molar-refractivity contribution in [3.05, 3.63) is 60.7 Å². The number of hydrogen-bond donors (Lipinski definition) is 0. The van der Waals surface area contributed by atoms with E-state index < -0.39 is 0 Å².